The number of ketones is 1. The molecule has 2 rings (SSSR count). The van der Waals surface area contributed by atoms with Crippen molar-refractivity contribution in [2.75, 3.05) is 32.1 Å². The highest BCUT2D eigenvalue weighted by Gasteiger charge is 2.23. The predicted molar refractivity (Wildman–Crippen MR) is 113 cm³/mol. The van der Waals surface area contributed by atoms with Gasteiger partial charge in [-0.2, -0.15) is 0 Å². The van der Waals surface area contributed by atoms with Crippen LogP contribution in [0.25, 0.3) is 0 Å². The Kier molecular flexibility index (Phi) is 7.73. The number of rotatable bonds is 9. The number of ether oxygens (including phenoxy) is 1. The molecular formula is C22H29N3O4. The first kappa shape index (κ1) is 22.4. The lowest BCUT2D eigenvalue weighted by atomic mass is 10.1. The first-order valence-corrected chi connectivity index (χ1v) is 9.74. The van der Waals surface area contributed by atoms with E-state index >= 15 is 0 Å². The summed E-state index contributed by atoms with van der Waals surface area (Å²) < 4.78 is 5.06. The number of carbonyl (C=O) groups excluding carboxylic acids is 3. The number of aromatic amines is 1. The average molecular weight is 399 g/mol. The molecule has 0 radical (unpaired) electrons. The molecule has 2 aromatic rings. The number of aryl methyl sites for hydroxylation is 2. The molecule has 1 amide bonds. The summed E-state index contributed by atoms with van der Waals surface area (Å²) in [4.78, 5) is 41.8. The number of hydrogen-bond donors (Lipinski definition) is 2. The summed E-state index contributed by atoms with van der Waals surface area (Å²) in [6, 6.07) is 7.65. The van der Waals surface area contributed by atoms with Crippen LogP contribution < -0.4 is 5.32 Å². The lowest BCUT2D eigenvalue weighted by molar-refractivity contribution is -0.116. The molecular weight excluding hydrogens is 370 g/mol. The Bertz CT molecular complexity index is 901. The number of amides is 1. The van der Waals surface area contributed by atoms with E-state index in [0.717, 1.165) is 17.7 Å². The van der Waals surface area contributed by atoms with Gasteiger partial charge in [-0.05, 0) is 51.4 Å². The van der Waals surface area contributed by atoms with E-state index < -0.39 is 5.97 Å². The number of carbonyl (C=O) groups is 3. The van der Waals surface area contributed by atoms with E-state index in [0.29, 0.717) is 22.5 Å². The third-order valence-corrected chi connectivity index (χ3v) is 4.70. The summed E-state index contributed by atoms with van der Waals surface area (Å²) in [5.41, 5.74) is 3.78. The van der Waals surface area contributed by atoms with Crippen LogP contribution in [-0.2, 0) is 16.0 Å². The van der Waals surface area contributed by atoms with Gasteiger partial charge < -0.3 is 15.0 Å². The first-order chi connectivity index (χ1) is 13.8. The van der Waals surface area contributed by atoms with Gasteiger partial charge in [0.05, 0.1) is 31.0 Å². The van der Waals surface area contributed by atoms with Gasteiger partial charge >= 0.3 is 5.97 Å². The van der Waals surface area contributed by atoms with Gasteiger partial charge in [-0.1, -0.05) is 25.1 Å². The summed E-state index contributed by atoms with van der Waals surface area (Å²) in [5.74, 6) is -0.821. The molecule has 156 valence electrons. The number of aromatic nitrogens is 1. The maximum absolute atomic E-state index is 12.7. The SMILES string of the molecule is CCOC(=O)c1c(C)[nH]c(C(=O)CN(C)CC(=O)Nc2ccccc2CC)c1C. The quantitative estimate of drug-likeness (QED) is 0.499. The van der Waals surface area contributed by atoms with Crippen molar-refractivity contribution in [1.29, 1.82) is 0 Å². The number of Topliss-reactive ketones (excluding diaryl/α,β-unsaturated/α-hetero) is 1. The van der Waals surface area contributed by atoms with Crippen molar-refractivity contribution in [2.24, 2.45) is 0 Å². The van der Waals surface area contributed by atoms with Gasteiger partial charge in [0, 0.05) is 11.4 Å². The topological polar surface area (TPSA) is 91.5 Å². The number of para-hydroxylation sites is 1. The molecule has 2 N–H and O–H groups in total. The number of esters is 1. The van der Waals surface area contributed by atoms with Crippen molar-refractivity contribution in [2.45, 2.75) is 34.1 Å². The molecule has 1 aromatic heterocycles. The summed E-state index contributed by atoms with van der Waals surface area (Å²) in [5, 5.41) is 2.90. The van der Waals surface area contributed by atoms with Crippen LogP contribution in [0.1, 0.15) is 51.5 Å². The molecule has 0 saturated carbocycles. The van der Waals surface area contributed by atoms with Gasteiger partial charge in [0.25, 0.3) is 0 Å². The molecule has 1 aromatic carbocycles. The van der Waals surface area contributed by atoms with Crippen molar-refractivity contribution in [3.8, 4) is 0 Å². The zero-order valence-electron chi connectivity index (χ0n) is 17.7. The fourth-order valence-corrected chi connectivity index (χ4v) is 3.30. The van der Waals surface area contributed by atoms with Crippen LogP contribution in [0.3, 0.4) is 0 Å². The summed E-state index contributed by atoms with van der Waals surface area (Å²) in [7, 11) is 1.71. The molecule has 0 spiro atoms. The summed E-state index contributed by atoms with van der Waals surface area (Å²) in [6.07, 6.45) is 0.818. The maximum Gasteiger partial charge on any atom is 0.340 e. The second kappa shape index (κ2) is 10.0. The Morgan fingerprint density at radius 2 is 1.79 bits per heavy atom. The van der Waals surface area contributed by atoms with Gasteiger partial charge in [0.2, 0.25) is 5.91 Å². The number of nitrogens with zero attached hydrogens (tertiary/aromatic N) is 1. The number of hydrogen-bond acceptors (Lipinski definition) is 5. The van der Waals surface area contributed by atoms with E-state index in [-0.39, 0.29) is 31.4 Å². The highest BCUT2D eigenvalue weighted by molar-refractivity contribution is 6.02. The van der Waals surface area contributed by atoms with E-state index in [2.05, 4.69) is 10.3 Å². The van der Waals surface area contributed by atoms with Crippen LogP contribution in [0.4, 0.5) is 5.69 Å². The minimum Gasteiger partial charge on any atom is -0.462 e. The monoisotopic (exact) mass is 399 g/mol. The Balaban J connectivity index is 2.01. The number of likely N-dealkylation sites (N-methyl/N-ethyl adjacent to an activating group) is 1. The van der Waals surface area contributed by atoms with Crippen molar-refractivity contribution >= 4 is 23.3 Å². The van der Waals surface area contributed by atoms with Gasteiger partial charge in [-0.25, -0.2) is 4.79 Å². The standard InChI is InChI=1S/C22H29N3O4/c1-6-16-10-8-9-11-17(16)24-19(27)13-25(5)12-18(26)21-14(3)20(15(4)23-21)22(28)29-7-2/h8-11,23H,6-7,12-13H2,1-5H3,(H,24,27). The average Bonchev–Trinajstić information content (AvgIpc) is 2.96. The Morgan fingerprint density at radius 3 is 2.45 bits per heavy atom. The zero-order valence-corrected chi connectivity index (χ0v) is 17.7. The molecule has 0 fully saturated rings. The van der Waals surface area contributed by atoms with Gasteiger partial charge in [-0.15, -0.1) is 0 Å². The molecule has 0 aliphatic carbocycles. The fraction of sp³-hybridized carbons (Fsp3) is 0.409. The number of nitrogens with one attached hydrogen (secondary N) is 2. The van der Waals surface area contributed by atoms with Crippen LogP contribution in [0.5, 0.6) is 0 Å². The second-order valence-corrected chi connectivity index (χ2v) is 7.00. The first-order valence-electron chi connectivity index (χ1n) is 9.74. The molecule has 1 heterocycles. The van der Waals surface area contributed by atoms with E-state index in [1.165, 1.54) is 0 Å². The van der Waals surface area contributed by atoms with Gasteiger partial charge in [0.15, 0.2) is 5.78 Å². The van der Waals surface area contributed by atoms with Crippen LogP contribution >= 0.6 is 0 Å². The molecule has 0 aliphatic heterocycles. The van der Waals surface area contributed by atoms with Gasteiger partial charge in [-0.3, -0.25) is 14.5 Å². The zero-order chi connectivity index (χ0) is 21.6. The Labute approximate surface area is 171 Å². The molecule has 0 aliphatic rings. The highest BCUT2D eigenvalue weighted by atomic mass is 16.5. The van der Waals surface area contributed by atoms with Gasteiger partial charge in [0.1, 0.15) is 0 Å². The molecule has 7 heteroatoms. The molecule has 0 bridgehead atoms. The lowest BCUT2D eigenvalue weighted by Gasteiger charge is -2.16. The smallest absolute Gasteiger partial charge is 0.340 e. The van der Waals surface area contributed by atoms with Crippen LogP contribution in [0, 0.1) is 13.8 Å². The largest absolute Gasteiger partial charge is 0.462 e. The van der Waals surface area contributed by atoms with Crippen molar-refractivity contribution < 1.29 is 19.1 Å². The van der Waals surface area contributed by atoms with E-state index in [4.69, 9.17) is 4.74 Å². The van der Waals surface area contributed by atoms with E-state index in [1.807, 2.05) is 31.2 Å². The highest BCUT2D eigenvalue weighted by Crippen LogP contribution is 2.20. The third kappa shape index (κ3) is 5.54. The van der Waals surface area contributed by atoms with Crippen LogP contribution in [0.2, 0.25) is 0 Å². The molecule has 0 unspecified atom stereocenters. The summed E-state index contributed by atoms with van der Waals surface area (Å²) >= 11 is 0. The minimum absolute atomic E-state index is 0.0475. The molecule has 0 saturated heterocycles. The van der Waals surface area contributed by atoms with Crippen molar-refractivity contribution in [3.05, 3.63) is 52.3 Å². The second-order valence-electron chi connectivity index (χ2n) is 7.00. The maximum atomic E-state index is 12.7. The minimum atomic E-state index is -0.444. The molecule has 29 heavy (non-hydrogen) atoms. The third-order valence-electron chi connectivity index (χ3n) is 4.70. The Hall–Kier alpha value is -2.93. The van der Waals surface area contributed by atoms with E-state index in [1.54, 1.807) is 32.7 Å². The summed E-state index contributed by atoms with van der Waals surface area (Å²) in [6.45, 7) is 7.61. The molecule has 0 atom stereocenters. The fourth-order valence-electron chi connectivity index (χ4n) is 3.30. The number of H-pyrrole nitrogens is 1. The van der Waals surface area contributed by atoms with Crippen molar-refractivity contribution in [3.63, 3.8) is 0 Å². The van der Waals surface area contributed by atoms with Crippen LogP contribution in [-0.4, -0.2) is 54.3 Å². The number of benzene rings is 1. The predicted octanol–water partition coefficient (Wildman–Crippen LogP) is 3.12. The lowest BCUT2D eigenvalue weighted by Crippen LogP contribution is -2.34. The van der Waals surface area contributed by atoms with Crippen LogP contribution in [0.15, 0.2) is 24.3 Å². The Morgan fingerprint density at radius 1 is 1.10 bits per heavy atom. The van der Waals surface area contributed by atoms with E-state index in [9.17, 15) is 14.4 Å². The number of anilines is 1. The van der Waals surface area contributed by atoms with Crippen molar-refractivity contribution in [1.82, 2.24) is 9.88 Å². The normalized spacial score (nSPS) is 10.8. The molecule has 7 nitrogen and oxygen atoms in total.